The van der Waals surface area contributed by atoms with Crippen LogP contribution < -0.4 is 15.5 Å². The third-order valence-electron chi connectivity index (χ3n) is 5.13. The number of aryl methyl sites for hydroxylation is 1. The molecule has 0 spiro atoms. The maximum atomic E-state index is 5.01. The lowest BCUT2D eigenvalue weighted by Crippen LogP contribution is -2.19. The minimum absolute atomic E-state index is 0.700. The van der Waals surface area contributed by atoms with E-state index in [4.69, 9.17) is 4.98 Å². The Bertz CT molecular complexity index is 857. The van der Waals surface area contributed by atoms with E-state index in [1.807, 2.05) is 43.7 Å². The van der Waals surface area contributed by atoms with Crippen molar-refractivity contribution in [3.63, 3.8) is 0 Å². The van der Waals surface area contributed by atoms with Gasteiger partial charge < -0.3 is 15.5 Å². The quantitative estimate of drug-likeness (QED) is 0.342. The monoisotopic (exact) mass is 419 g/mol. The zero-order valence-corrected chi connectivity index (χ0v) is 19.3. The van der Waals surface area contributed by atoms with Crippen LogP contribution in [0.3, 0.4) is 0 Å². The van der Waals surface area contributed by atoms with Crippen LogP contribution in [-0.4, -0.2) is 37.2 Å². The first-order valence-corrected chi connectivity index (χ1v) is 11.1. The number of nitrogens with one attached hydrogen (secondary N) is 2. The Morgan fingerprint density at radius 1 is 1.10 bits per heavy atom. The van der Waals surface area contributed by atoms with Gasteiger partial charge in [0.1, 0.15) is 0 Å². The molecule has 0 saturated heterocycles. The Morgan fingerprint density at radius 3 is 2.65 bits per heavy atom. The number of anilines is 1. The SMILES string of the molecule is C=C(/C=C\NC)C(=C)c1nc(CCCCCNCC)ccc1N(C)Cc1ccccn1. The van der Waals surface area contributed by atoms with Crippen LogP contribution in [0.2, 0.25) is 0 Å². The van der Waals surface area contributed by atoms with Gasteiger partial charge in [-0.3, -0.25) is 9.97 Å². The summed E-state index contributed by atoms with van der Waals surface area (Å²) < 4.78 is 0. The molecule has 0 unspecified atom stereocenters. The van der Waals surface area contributed by atoms with Crippen molar-refractivity contribution in [3.05, 3.63) is 84.6 Å². The van der Waals surface area contributed by atoms with Gasteiger partial charge in [-0.05, 0) is 74.5 Å². The van der Waals surface area contributed by atoms with Crippen molar-refractivity contribution < 1.29 is 0 Å². The molecule has 0 fully saturated rings. The second-order valence-corrected chi connectivity index (χ2v) is 7.64. The van der Waals surface area contributed by atoms with E-state index in [1.54, 1.807) is 0 Å². The van der Waals surface area contributed by atoms with Gasteiger partial charge in [-0.2, -0.15) is 0 Å². The number of aromatic nitrogens is 2. The van der Waals surface area contributed by atoms with Crippen LogP contribution >= 0.6 is 0 Å². The molecule has 166 valence electrons. The smallest absolute Gasteiger partial charge is 0.0938 e. The van der Waals surface area contributed by atoms with Crippen LogP contribution in [0.15, 0.2) is 67.5 Å². The second-order valence-electron chi connectivity index (χ2n) is 7.64. The van der Waals surface area contributed by atoms with Crippen LogP contribution in [0.4, 0.5) is 5.69 Å². The van der Waals surface area contributed by atoms with Gasteiger partial charge >= 0.3 is 0 Å². The molecule has 2 heterocycles. The predicted molar refractivity (Wildman–Crippen MR) is 133 cm³/mol. The fourth-order valence-electron chi connectivity index (χ4n) is 3.33. The lowest BCUT2D eigenvalue weighted by Gasteiger charge is -2.23. The van der Waals surface area contributed by atoms with Crippen molar-refractivity contribution in [2.45, 2.75) is 39.2 Å². The Morgan fingerprint density at radius 2 is 1.94 bits per heavy atom. The molecule has 2 rings (SSSR count). The number of nitrogens with zero attached hydrogens (tertiary/aromatic N) is 3. The highest BCUT2D eigenvalue weighted by molar-refractivity contribution is 5.84. The van der Waals surface area contributed by atoms with E-state index in [1.165, 1.54) is 12.8 Å². The van der Waals surface area contributed by atoms with Crippen LogP contribution in [0.5, 0.6) is 0 Å². The first-order chi connectivity index (χ1) is 15.1. The van der Waals surface area contributed by atoms with Crippen LogP contribution in [-0.2, 0) is 13.0 Å². The van der Waals surface area contributed by atoms with Crippen molar-refractivity contribution in [1.29, 1.82) is 0 Å². The molecule has 0 aliphatic heterocycles. The maximum absolute atomic E-state index is 5.01. The minimum atomic E-state index is 0.700. The number of allylic oxidation sites excluding steroid dienone is 3. The standard InChI is InChI=1S/C26H37N5/c1-6-28-17-10-7-8-12-23-14-15-25(31(5)20-24-13-9-11-18-29-24)26(30-23)22(3)21(2)16-19-27-4/h9,11,13-16,18-19,27-28H,2-3,6-8,10,12,17,20H2,1,4-5H3/b19-16-. The summed E-state index contributed by atoms with van der Waals surface area (Å²) >= 11 is 0. The summed E-state index contributed by atoms with van der Waals surface area (Å²) in [7, 11) is 3.93. The van der Waals surface area contributed by atoms with Gasteiger partial charge in [0.2, 0.25) is 0 Å². The third kappa shape index (κ3) is 8.02. The van der Waals surface area contributed by atoms with Crippen LogP contribution in [0, 0.1) is 0 Å². The van der Waals surface area contributed by atoms with E-state index in [0.29, 0.717) is 6.54 Å². The third-order valence-corrected chi connectivity index (χ3v) is 5.13. The molecule has 0 aromatic carbocycles. The molecule has 0 atom stereocenters. The van der Waals surface area contributed by atoms with Crippen molar-refractivity contribution in [1.82, 2.24) is 20.6 Å². The van der Waals surface area contributed by atoms with E-state index >= 15 is 0 Å². The molecular formula is C26H37N5. The summed E-state index contributed by atoms with van der Waals surface area (Å²) in [6, 6.07) is 10.3. The number of rotatable bonds is 14. The number of unbranched alkanes of at least 4 members (excludes halogenated alkanes) is 2. The summed E-state index contributed by atoms with van der Waals surface area (Å²) in [6.45, 7) is 13.5. The molecule has 0 aliphatic rings. The predicted octanol–water partition coefficient (Wildman–Crippen LogP) is 4.74. The Kier molecular flexibility index (Phi) is 10.5. The molecule has 0 saturated carbocycles. The molecule has 5 heteroatoms. The minimum Gasteiger partial charge on any atom is -0.394 e. The molecular weight excluding hydrogens is 382 g/mol. The van der Waals surface area contributed by atoms with Gasteiger partial charge in [0.05, 0.1) is 23.6 Å². The van der Waals surface area contributed by atoms with Gasteiger partial charge in [-0.15, -0.1) is 0 Å². The number of pyridine rings is 2. The average molecular weight is 420 g/mol. The molecule has 0 aliphatic carbocycles. The molecule has 2 N–H and O–H groups in total. The summed E-state index contributed by atoms with van der Waals surface area (Å²) in [5.74, 6) is 0. The van der Waals surface area contributed by atoms with E-state index < -0.39 is 0 Å². The topological polar surface area (TPSA) is 53.1 Å². The largest absolute Gasteiger partial charge is 0.394 e. The normalized spacial score (nSPS) is 10.9. The highest BCUT2D eigenvalue weighted by atomic mass is 15.1. The molecule has 0 amide bonds. The molecule has 2 aromatic heterocycles. The highest BCUT2D eigenvalue weighted by Crippen LogP contribution is 2.30. The fourth-order valence-corrected chi connectivity index (χ4v) is 3.33. The molecule has 5 nitrogen and oxygen atoms in total. The van der Waals surface area contributed by atoms with Crippen molar-refractivity contribution in [3.8, 4) is 0 Å². The molecule has 2 aromatic rings. The van der Waals surface area contributed by atoms with Gasteiger partial charge in [-0.1, -0.05) is 32.6 Å². The highest BCUT2D eigenvalue weighted by Gasteiger charge is 2.15. The molecule has 0 bridgehead atoms. The Hall–Kier alpha value is -2.92. The first kappa shape index (κ1) is 24.4. The first-order valence-electron chi connectivity index (χ1n) is 11.1. The molecule has 31 heavy (non-hydrogen) atoms. The van der Waals surface area contributed by atoms with Crippen LogP contribution in [0.25, 0.3) is 5.57 Å². The average Bonchev–Trinajstić information content (AvgIpc) is 2.79. The van der Waals surface area contributed by atoms with Crippen LogP contribution in [0.1, 0.15) is 43.3 Å². The second kappa shape index (κ2) is 13.4. The Balaban J connectivity index is 2.19. The lowest BCUT2D eigenvalue weighted by molar-refractivity contribution is 0.613. The summed E-state index contributed by atoms with van der Waals surface area (Å²) in [4.78, 5) is 11.6. The zero-order valence-electron chi connectivity index (χ0n) is 19.3. The van der Waals surface area contributed by atoms with Gasteiger partial charge in [0, 0.05) is 31.6 Å². The van der Waals surface area contributed by atoms with Gasteiger partial charge in [0.15, 0.2) is 0 Å². The number of hydrogen-bond donors (Lipinski definition) is 2. The van der Waals surface area contributed by atoms with E-state index in [9.17, 15) is 0 Å². The van der Waals surface area contributed by atoms with Crippen molar-refractivity contribution in [2.75, 3.05) is 32.1 Å². The zero-order chi connectivity index (χ0) is 22.5. The summed E-state index contributed by atoms with van der Waals surface area (Å²) in [6.07, 6.45) is 10.1. The Labute approximate surface area is 188 Å². The van der Waals surface area contributed by atoms with Gasteiger partial charge in [-0.25, -0.2) is 0 Å². The summed E-state index contributed by atoms with van der Waals surface area (Å²) in [5.41, 5.74) is 5.71. The maximum Gasteiger partial charge on any atom is 0.0938 e. The van der Waals surface area contributed by atoms with E-state index in [2.05, 4.69) is 59.8 Å². The summed E-state index contributed by atoms with van der Waals surface area (Å²) in [5, 5.41) is 6.39. The van der Waals surface area contributed by atoms with Gasteiger partial charge in [0.25, 0.3) is 0 Å². The molecule has 0 radical (unpaired) electrons. The lowest BCUT2D eigenvalue weighted by atomic mass is 10.0. The van der Waals surface area contributed by atoms with E-state index in [0.717, 1.165) is 59.8 Å². The van der Waals surface area contributed by atoms with Crippen molar-refractivity contribution in [2.24, 2.45) is 0 Å². The number of hydrogen-bond acceptors (Lipinski definition) is 5. The van der Waals surface area contributed by atoms with Crippen molar-refractivity contribution >= 4 is 11.3 Å². The fraction of sp³-hybridized carbons (Fsp3) is 0.385. The van der Waals surface area contributed by atoms with E-state index in [-0.39, 0.29) is 0 Å².